The zero-order valence-electron chi connectivity index (χ0n) is 8.57. The number of rotatable bonds is 3. The van der Waals surface area contributed by atoms with Crippen LogP contribution in [0.4, 0.5) is 0 Å². The molecule has 0 saturated carbocycles. The molecule has 6 heteroatoms. The summed E-state index contributed by atoms with van der Waals surface area (Å²) in [5.74, 6) is 1.19. The molecule has 0 aliphatic rings. The van der Waals surface area contributed by atoms with Gasteiger partial charge in [0.2, 0.25) is 0 Å². The Kier molecular flexibility index (Phi) is 2.73. The van der Waals surface area contributed by atoms with Gasteiger partial charge in [0.05, 0.1) is 30.0 Å². The van der Waals surface area contributed by atoms with Crippen molar-refractivity contribution in [1.29, 1.82) is 0 Å². The summed E-state index contributed by atoms with van der Waals surface area (Å²) in [5.41, 5.74) is 2.69. The predicted molar refractivity (Wildman–Crippen MR) is 54.7 cm³/mol. The van der Waals surface area contributed by atoms with Gasteiger partial charge in [-0.1, -0.05) is 10.4 Å². The fourth-order valence-electron chi connectivity index (χ4n) is 1.37. The van der Waals surface area contributed by atoms with Crippen molar-refractivity contribution in [3.8, 4) is 0 Å². The fourth-order valence-corrected chi connectivity index (χ4v) is 1.49. The van der Waals surface area contributed by atoms with Crippen LogP contribution in [-0.2, 0) is 12.4 Å². The van der Waals surface area contributed by atoms with Gasteiger partial charge in [-0.3, -0.25) is 0 Å². The third kappa shape index (κ3) is 2.02. The first kappa shape index (κ1) is 10.2. The lowest BCUT2D eigenvalue weighted by atomic mass is 10.2. The zero-order valence-corrected chi connectivity index (χ0v) is 9.32. The highest BCUT2D eigenvalue weighted by Gasteiger charge is 2.10. The molecule has 0 aromatic carbocycles. The van der Waals surface area contributed by atoms with Crippen molar-refractivity contribution in [3.05, 3.63) is 28.9 Å². The average molecular weight is 227 g/mol. The molecule has 0 N–H and O–H groups in total. The van der Waals surface area contributed by atoms with Crippen LogP contribution in [0, 0.1) is 13.8 Å². The van der Waals surface area contributed by atoms with Gasteiger partial charge in [-0.05, 0) is 13.8 Å². The van der Waals surface area contributed by atoms with E-state index in [1.807, 2.05) is 20.0 Å². The third-order valence-corrected chi connectivity index (χ3v) is 2.50. The van der Waals surface area contributed by atoms with Crippen LogP contribution < -0.4 is 0 Å². The van der Waals surface area contributed by atoms with Gasteiger partial charge in [0, 0.05) is 5.56 Å². The standard InChI is InChI=1S/C9H11ClN4O/c1-6-9(7(2)15-12-6)5-14-4-8(3-10)11-13-14/h4H,3,5H2,1-2H3. The highest BCUT2D eigenvalue weighted by molar-refractivity contribution is 6.16. The van der Waals surface area contributed by atoms with Crippen molar-refractivity contribution >= 4 is 11.6 Å². The molecule has 2 rings (SSSR count). The summed E-state index contributed by atoms with van der Waals surface area (Å²) in [5, 5.41) is 11.7. The number of hydrogen-bond donors (Lipinski definition) is 0. The Hall–Kier alpha value is -1.36. The Labute approximate surface area is 92.0 Å². The molecule has 0 atom stereocenters. The summed E-state index contributed by atoms with van der Waals surface area (Å²) in [7, 11) is 0. The Bertz CT molecular complexity index is 443. The van der Waals surface area contributed by atoms with Crippen molar-refractivity contribution in [1.82, 2.24) is 20.2 Å². The van der Waals surface area contributed by atoms with Gasteiger partial charge < -0.3 is 4.52 Å². The largest absolute Gasteiger partial charge is 0.361 e. The maximum absolute atomic E-state index is 5.64. The third-order valence-electron chi connectivity index (χ3n) is 2.22. The van der Waals surface area contributed by atoms with E-state index in [9.17, 15) is 0 Å². The number of hydrogen-bond acceptors (Lipinski definition) is 4. The number of nitrogens with zero attached hydrogens (tertiary/aromatic N) is 4. The van der Waals surface area contributed by atoms with Gasteiger partial charge >= 0.3 is 0 Å². The molecule has 0 saturated heterocycles. The van der Waals surface area contributed by atoms with Gasteiger partial charge in [-0.2, -0.15) is 0 Å². The summed E-state index contributed by atoms with van der Waals surface area (Å²) >= 11 is 5.64. The van der Waals surface area contributed by atoms with Gasteiger partial charge in [-0.15, -0.1) is 16.7 Å². The topological polar surface area (TPSA) is 56.7 Å². The molecular weight excluding hydrogens is 216 g/mol. The second-order valence-corrected chi connectivity index (χ2v) is 3.61. The van der Waals surface area contributed by atoms with Crippen LogP contribution in [-0.4, -0.2) is 20.2 Å². The van der Waals surface area contributed by atoms with E-state index >= 15 is 0 Å². The van der Waals surface area contributed by atoms with Gasteiger partial charge in [0.25, 0.3) is 0 Å². The molecule has 0 unspecified atom stereocenters. The lowest BCUT2D eigenvalue weighted by Crippen LogP contribution is -2.02. The Morgan fingerprint density at radius 3 is 2.80 bits per heavy atom. The first-order valence-electron chi connectivity index (χ1n) is 4.57. The lowest BCUT2D eigenvalue weighted by Gasteiger charge is -1.98. The molecule has 0 aliphatic carbocycles. The second kappa shape index (κ2) is 4.02. The van der Waals surface area contributed by atoms with Gasteiger partial charge in [-0.25, -0.2) is 4.68 Å². The molecule has 0 bridgehead atoms. The van der Waals surface area contributed by atoms with Crippen molar-refractivity contribution in [2.45, 2.75) is 26.3 Å². The first-order chi connectivity index (χ1) is 7.20. The van der Waals surface area contributed by atoms with Crippen LogP contribution in [0.3, 0.4) is 0 Å². The molecule has 0 spiro atoms. The van der Waals surface area contributed by atoms with Gasteiger partial charge in [0.15, 0.2) is 0 Å². The van der Waals surface area contributed by atoms with E-state index in [1.54, 1.807) is 4.68 Å². The lowest BCUT2D eigenvalue weighted by molar-refractivity contribution is 0.391. The second-order valence-electron chi connectivity index (χ2n) is 3.34. The van der Waals surface area contributed by atoms with Crippen LogP contribution in [0.2, 0.25) is 0 Å². The molecule has 0 radical (unpaired) electrons. The van der Waals surface area contributed by atoms with Crippen molar-refractivity contribution in [3.63, 3.8) is 0 Å². The van der Waals surface area contributed by atoms with Crippen LogP contribution in [0.1, 0.15) is 22.7 Å². The fraction of sp³-hybridized carbons (Fsp3) is 0.444. The van der Waals surface area contributed by atoms with E-state index in [0.717, 1.165) is 22.7 Å². The van der Waals surface area contributed by atoms with Gasteiger partial charge in [0.1, 0.15) is 5.76 Å². The van der Waals surface area contributed by atoms with E-state index < -0.39 is 0 Å². The highest BCUT2D eigenvalue weighted by Crippen LogP contribution is 2.13. The van der Waals surface area contributed by atoms with Crippen molar-refractivity contribution < 1.29 is 4.52 Å². The van der Waals surface area contributed by atoms with E-state index in [2.05, 4.69) is 15.5 Å². The van der Waals surface area contributed by atoms with Crippen molar-refractivity contribution in [2.75, 3.05) is 0 Å². The molecule has 5 nitrogen and oxygen atoms in total. The molecular formula is C9H11ClN4O. The molecule has 0 aliphatic heterocycles. The Morgan fingerprint density at radius 1 is 1.47 bits per heavy atom. The molecule has 2 heterocycles. The normalized spacial score (nSPS) is 10.9. The van der Waals surface area contributed by atoms with E-state index in [0.29, 0.717) is 12.4 Å². The van der Waals surface area contributed by atoms with Crippen LogP contribution >= 0.6 is 11.6 Å². The summed E-state index contributed by atoms with van der Waals surface area (Å²) in [6.07, 6.45) is 1.82. The maximum atomic E-state index is 5.64. The summed E-state index contributed by atoms with van der Waals surface area (Å²) in [6.45, 7) is 4.41. The van der Waals surface area contributed by atoms with Crippen LogP contribution in [0.15, 0.2) is 10.7 Å². The number of aromatic nitrogens is 4. The Balaban J connectivity index is 2.21. The number of alkyl halides is 1. The minimum Gasteiger partial charge on any atom is -0.361 e. The molecule has 80 valence electrons. The molecule has 0 amide bonds. The number of aryl methyl sites for hydroxylation is 2. The molecule has 15 heavy (non-hydrogen) atoms. The van der Waals surface area contributed by atoms with Crippen LogP contribution in [0.5, 0.6) is 0 Å². The number of halogens is 1. The minimum atomic E-state index is 0.377. The van der Waals surface area contributed by atoms with E-state index in [1.165, 1.54) is 0 Å². The zero-order chi connectivity index (χ0) is 10.8. The molecule has 0 fully saturated rings. The van der Waals surface area contributed by atoms with E-state index in [-0.39, 0.29) is 0 Å². The predicted octanol–water partition coefficient (Wildman–Crippen LogP) is 1.67. The molecule has 2 aromatic rings. The van der Waals surface area contributed by atoms with E-state index in [4.69, 9.17) is 16.1 Å². The quantitative estimate of drug-likeness (QED) is 0.747. The minimum absolute atomic E-state index is 0.377. The summed E-state index contributed by atoms with van der Waals surface area (Å²) in [6, 6.07) is 0. The monoisotopic (exact) mass is 226 g/mol. The Morgan fingerprint density at radius 2 is 2.27 bits per heavy atom. The van der Waals surface area contributed by atoms with Crippen molar-refractivity contribution in [2.24, 2.45) is 0 Å². The average Bonchev–Trinajstić information content (AvgIpc) is 2.80. The summed E-state index contributed by atoms with van der Waals surface area (Å²) < 4.78 is 6.79. The maximum Gasteiger partial charge on any atom is 0.138 e. The highest BCUT2D eigenvalue weighted by atomic mass is 35.5. The first-order valence-corrected chi connectivity index (χ1v) is 5.11. The SMILES string of the molecule is Cc1noc(C)c1Cn1cc(CCl)nn1. The summed E-state index contributed by atoms with van der Waals surface area (Å²) in [4.78, 5) is 0. The molecule has 2 aromatic heterocycles. The van der Waals surface area contributed by atoms with Crippen LogP contribution in [0.25, 0.3) is 0 Å². The smallest absolute Gasteiger partial charge is 0.138 e.